The fourth-order valence-corrected chi connectivity index (χ4v) is 7.61. The van der Waals surface area contributed by atoms with Crippen LogP contribution in [0.15, 0.2) is 97.2 Å². The fraction of sp³-hybridized carbons (Fsp3) is 0.367. The Bertz CT molecular complexity index is 2390. The van der Waals surface area contributed by atoms with Gasteiger partial charge in [0, 0.05) is 24.5 Å². The van der Waals surface area contributed by atoms with Crippen LogP contribution in [0.4, 0.5) is 21.0 Å². The minimum atomic E-state index is -1.53. The Kier molecular flexibility index (Phi) is 15.9. The Morgan fingerprint density at radius 2 is 1.53 bits per heavy atom. The molecule has 0 saturated heterocycles. The largest absolute Gasteiger partial charge is 0.497 e. The highest BCUT2D eigenvalue weighted by Gasteiger charge is 2.46. The van der Waals surface area contributed by atoms with Crippen molar-refractivity contribution in [3.05, 3.63) is 119 Å². The van der Waals surface area contributed by atoms with Crippen molar-refractivity contribution >= 4 is 46.9 Å². The van der Waals surface area contributed by atoms with Crippen LogP contribution < -0.4 is 40.8 Å². The van der Waals surface area contributed by atoms with Crippen molar-refractivity contribution in [3.8, 4) is 17.2 Å². The van der Waals surface area contributed by atoms with Crippen LogP contribution in [0, 0.1) is 0 Å². The molecule has 350 valence electrons. The molecule has 2 aliphatic rings. The van der Waals surface area contributed by atoms with Gasteiger partial charge in [0.2, 0.25) is 11.8 Å². The van der Waals surface area contributed by atoms with Crippen LogP contribution >= 0.6 is 0 Å². The summed E-state index contributed by atoms with van der Waals surface area (Å²) >= 11 is 0. The standard InChI is InChI=1S/C49H58N6O11/c1-49(2,3)66-47(60)51-23-11-10-14-38(53-43(56)37(50)24-30-12-8-7-9-13-30)44(57)52-34-19-15-31(16-20-34)29-65-48(61)55-39-27-42(64-6)41(63-5)26-36(39)45(58)54-28-33(25-40(54)46(55)59)32-17-21-35(62-4)22-18-32/h7-9,12-13,15-22,26-28,37-38,40,46,59H,10-11,14,23-25,29,50H2,1-6H3,(H,51,60)(H,52,57)(H,53,56)/t37-,38-,40-,46-/m0/s1. The van der Waals surface area contributed by atoms with Gasteiger partial charge < -0.3 is 55.4 Å². The first kappa shape index (κ1) is 48.3. The predicted molar refractivity (Wildman–Crippen MR) is 247 cm³/mol. The van der Waals surface area contributed by atoms with Crippen LogP contribution in [0.2, 0.25) is 0 Å². The number of fused-ring (bicyclic) bond motifs is 2. The van der Waals surface area contributed by atoms with Gasteiger partial charge in [-0.2, -0.15) is 0 Å². The summed E-state index contributed by atoms with van der Waals surface area (Å²) in [6.45, 7) is 5.39. The zero-order chi connectivity index (χ0) is 47.5. The van der Waals surface area contributed by atoms with E-state index in [1.54, 1.807) is 70.5 Å². The summed E-state index contributed by atoms with van der Waals surface area (Å²) in [6, 6.07) is 23.4. The van der Waals surface area contributed by atoms with Crippen LogP contribution in [0.3, 0.4) is 0 Å². The third-order valence-electron chi connectivity index (χ3n) is 11.0. The van der Waals surface area contributed by atoms with E-state index in [4.69, 9.17) is 29.4 Å². The molecule has 0 fully saturated rings. The van der Waals surface area contributed by atoms with Crippen LogP contribution in [-0.2, 0) is 32.1 Å². The second kappa shape index (κ2) is 21.7. The summed E-state index contributed by atoms with van der Waals surface area (Å²) in [5, 5.41) is 20.3. The highest BCUT2D eigenvalue weighted by atomic mass is 16.6. The lowest BCUT2D eigenvalue weighted by Crippen LogP contribution is -2.50. The number of carbonyl (C=O) groups excluding carboxylic acids is 5. The molecule has 4 aromatic rings. The Balaban J connectivity index is 1.13. The lowest BCUT2D eigenvalue weighted by molar-refractivity contribution is -0.127. The maximum Gasteiger partial charge on any atom is 0.416 e. The normalized spacial score (nSPS) is 16.4. The maximum absolute atomic E-state index is 14.2. The molecule has 5 amide bonds. The average Bonchev–Trinajstić information content (AvgIpc) is 3.73. The third-order valence-corrected chi connectivity index (χ3v) is 11.0. The van der Waals surface area contributed by atoms with Crippen LogP contribution in [0.1, 0.15) is 73.5 Å². The Hall–Kier alpha value is -7.11. The number of unbranched alkanes of at least 4 members (excludes halogenated alkanes) is 1. The van der Waals surface area contributed by atoms with Crippen molar-refractivity contribution in [1.29, 1.82) is 0 Å². The summed E-state index contributed by atoms with van der Waals surface area (Å²) < 4.78 is 27.4. The molecule has 0 radical (unpaired) electrons. The molecule has 2 heterocycles. The monoisotopic (exact) mass is 906 g/mol. The zero-order valence-corrected chi connectivity index (χ0v) is 38.0. The predicted octanol–water partition coefficient (Wildman–Crippen LogP) is 6.13. The lowest BCUT2D eigenvalue weighted by atomic mass is 10.0. The molecule has 0 saturated carbocycles. The summed E-state index contributed by atoms with van der Waals surface area (Å²) in [4.78, 5) is 69.8. The number of alkyl carbamates (subject to hydrolysis) is 1. The van der Waals surface area contributed by atoms with Crippen molar-refractivity contribution in [2.24, 2.45) is 5.73 Å². The van der Waals surface area contributed by atoms with E-state index in [0.29, 0.717) is 36.4 Å². The SMILES string of the molecule is COc1ccc(C2=CN3C(=O)c4cc(OC)c(OC)cc4N(C(=O)OCc4ccc(NC(=O)[C@H](CCCCNC(=O)OC(C)(C)C)NC(=O)[C@@H](N)Cc5ccccc5)cc4)[C@@H](O)[C@@H]3C2)cc1. The van der Waals surface area contributed by atoms with E-state index < -0.39 is 59.9 Å². The van der Waals surface area contributed by atoms with E-state index >= 15 is 0 Å². The number of hydrogen-bond acceptors (Lipinski definition) is 12. The first-order valence-corrected chi connectivity index (χ1v) is 21.6. The Labute approximate surface area is 384 Å². The first-order valence-electron chi connectivity index (χ1n) is 21.6. The number of hydrogen-bond donors (Lipinski definition) is 5. The maximum atomic E-state index is 14.2. The highest BCUT2D eigenvalue weighted by Crippen LogP contribution is 2.43. The molecular weight excluding hydrogens is 849 g/mol. The molecule has 66 heavy (non-hydrogen) atoms. The zero-order valence-electron chi connectivity index (χ0n) is 38.0. The first-order chi connectivity index (χ1) is 31.6. The summed E-state index contributed by atoms with van der Waals surface area (Å²) in [5.41, 5.74) is 9.20. The number of ether oxygens (including phenoxy) is 5. The minimum Gasteiger partial charge on any atom is -0.497 e. The number of carbonyl (C=O) groups is 5. The van der Waals surface area contributed by atoms with Crippen molar-refractivity contribution in [2.45, 2.75) is 89.4 Å². The average molecular weight is 907 g/mol. The number of nitrogens with zero attached hydrogens (tertiary/aromatic N) is 2. The van der Waals surface area contributed by atoms with E-state index in [1.807, 2.05) is 42.5 Å². The number of anilines is 2. The second-order valence-corrected chi connectivity index (χ2v) is 16.9. The number of nitrogens with two attached hydrogens (primary N) is 1. The molecule has 6 N–H and O–H groups in total. The van der Waals surface area contributed by atoms with Gasteiger partial charge in [0.15, 0.2) is 17.7 Å². The molecule has 0 spiro atoms. The Morgan fingerprint density at radius 1 is 0.848 bits per heavy atom. The smallest absolute Gasteiger partial charge is 0.416 e. The van der Waals surface area contributed by atoms with Gasteiger partial charge in [0.05, 0.1) is 44.7 Å². The summed E-state index contributed by atoms with van der Waals surface area (Å²) in [5.74, 6) is -0.276. The van der Waals surface area contributed by atoms with Gasteiger partial charge in [-0.15, -0.1) is 0 Å². The van der Waals surface area contributed by atoms with Gasteiger partial charge in [0.25, 0.3) is 5.91 Å². The van der Waals surface area contributed by atoms with E-state index in [9.17, 15) is 29.1 Å². The number of nitrogens with one attached hydrogen (secondary N) is 3. The van der Waals surface area contributed by atoms with Crippen molar-refractivity contribution in [2.75, 3.05) is 38.1 Å². The van der Waals surface area contributed by atoms with Crippen molar-refractivity contribution in [3.63, 3.8) is 0 Å². The van der Waals surface area contributed by atoms with Crippen molar-refractivity contribution in [1.82, 2.24) is 15.5 Å². The van der Waals surface area contributed by atoms with E-state index in [1.165, 1.54) is 31.3 Å². The Morgan fingerprint density at radius 3 is 2.18 bits per heavy atom. The number of rotatable bonds is 17. The van der Waals surface area contributed by atoms with Gasteiger partial charge in [0.1, 0.15) is 24.0 Å². The van der Waals surface area contributed by atoms with Crippen LogP contribution in [0.25, 0.3) is 5.57 Å². The number of benzene rings is 4. The van der Waals surface area contributed by atoms with E-state index in [-0.39, 0.29) is 48.6 Å². The van der Waals surface area contributed by atoms with Crippen molar-refractivity contribution < 1.29 is 52.8 Å². The number of aliphatic hydroxyl groups is 1. The molecule has 0 bridgehead atoms. The number of amides is 5. The fourth-order valence-electron chi connectivity index (χ4n) is 7.61. The van der Waals surface area contributed by atoms with Gasteiger partial charge in [-0.1, -0.05) is 54.6 Å². The molecule has 0 aliphatic carbocycles. The van der Waals surface area contributed by atoms with E-state index in [0.717, 1.165) is 21.6 Å². The molecule has 4 atom stereocenters. The topological polar surface area (TPSA) is 220 Å². The van der Waals surface area contributed by atoms with Crippen LogP contribution in [0.5, 0.6) is 17.2 Å². The minimum absolute atomic E-state index is 0.0731. The molecule has 0 unspecified atom stereocenters. The summed E-state index contributed by atoms with van der Waals surface area (Å²) in [6.07, 6.45) is 0.435. The quantitative estimate of drug-likeness (QED) is 0.0756. The molecular formula is C49H58N6O11. The molecule has 17 heteroatoms. The van der Waals surface area contributed by atoms with Gasteiger partial charge in [-0.25, -0.2) is 14.5 Å². The van der Waals surface area contributed by atoms with Gasteiger partial charge >= 0.3 is 12.2 Å². The van der Waals surface area contributed by atoms with Gasteiger partial charge in [-0.3, -0.25) is 14.4 Å². The van der Waals surface area contributed by atoms with Gasteiger partial charge in [-0.05, 0) is 105 Å². The second-order valence-electron chi connectivity index (χ2n) is 16.9. The molecule has 0 aromatic heterocycles. The summed E-state index contributed by atoms with van der Waals surface area (Å²) in [7, 11) is 4.42. The van der Waals surface area contributed by atoms with Crippen LogP contribution in [-0.4, -0.2) is 97.7 Å². The van der Waals surface area contributed by atoms with E-state index in [2.05, 4.69) is 16.0 Å². The molecule has 6 rings (SSSR count). The molecule has 2 aliphatic heterocycles. The lowest BCUT2D eigenvalue weighted by Gasteiger charge is -2.31. The highest BCUT2D eigenvalue weighted by molar-refractivity contribution is 6.07. The third kappa shape index (κ3) is 12.2. The number of aliphatic hydroxyl groups excluding tert-OH is 1. The number of methoxy groups -OCH3 is 3. The molecule has 4 aromatic carbocycles. The molecule has 17 nitrogen and oxygen atoms in total.